The predicted octanol–water partition coefficient (Wildman–Crippen LogP) is 2.91. The summed E-state index contributed by atoms with van der Waals surface area (Å²) in [5.74, 6) is -0.356. The summed E-state index contributed by atoms with van der Waals surface area (Å²) in [5, 5.41) is 0. The number of nitrogens with zero attached hydrogens (tertiary/aromatic N) is 2. The van der Waals surface area contributed by atoms with Crippen LogP contribution in [0.2, 0.25) is 0 Å². The van der Waals surface area contributed by atoms with Gasteiger partial charge in [-0.2, -0.15) is 0 Å². The van der Waals surface area contributed by atoms with E-state index in [0.29, 0.717) is 12.5 Å². The lowest BCUT2D eigenvalue weighted by molar-refractivity contribution is -0.139. The number of halogens is 1. The van der Waals surface area contributed by atoms with E-state index in [1.165, 1.54) is 29.2 Å². The Bertz CT molecular complexity index is 658. The average molecular weight is 328 g/mol. The molecule has 4 nitrogen and oxygen atoms in total. The number of hydrogen-bond acceptors (Lipinski definition) is 3. The SMILES string of the molecule is O=C1C=CCCN1C(=O)C=CC1CCN(c2ccc(F)cc2)CC1. The Morgan fingerprint density at radius 3 is 2.50 bits per heavy atom. The molecule has 5 heteroatoms. The minimum Gasteiger partial charge on any atom is -0.371 e. The normalized spacial score (nSPS) is 19.3. The quantitative estimate of drug-likeness (QED) is 0.801. The van der Waals surface area contributed by atoms with Crippen LogP contribution < -0.4 is 4.90 Å². The molecule has 1 aromatic rings. The van der Waals surface area contributed by atoms with Crippen LogP contribution in [0.4, 0.5) is 10.1 Å². The van der Waals surface area contributed by atoms with Crippen molar-refractivity contribution in [2.45, 2.75) is 19.3 Å². The number of allylic oxidation sites excluding steroid dienone is 1. The molecule has 0 unspecified atom stereocenters. The maximum atomic E-state index is 13.0. The van der Waals surface area contributed by atoms with E-state index in [4.69, 9.17) is 0 Å². The highest BCUT2D eigenvalue weighted by atomic mass is 19.1. The van der Waals surface area contributed by atoms with Gasteiger partial charge in [-0.1, -0.05) is 12.2 Å². The molecule has 0 aromatic heterocycles. The van der Waals surface area contributed by atoms with Gasteiger partial charge in [-0.25, -0.2) is 4.39 Å². The van der Waals surface area contributed by atoms with Crippen LogP contribution >= 0.6 is 0 Å². The first-order chi connectivity index (χ1) is 11.6. The van der Waals surface area contributed by atoms with E-state index in [1.807, 2.05) is 6.08 Å². The van der Waals surface area contributed by atoms with Gasteiger partial charge in [0, 0.05) is 25.3 Å². The fraction of sp³-hybridized carbons (Fsp3) is 0.368. The third kappa shape index (κ3) is 3.91. The fourth-order valence-corrected chi connectivity index (χ4v) is 3.12. The Kier molecular flexibility index (Phi) is 5.08. The molecular formula is C19H21FN2O2. The van der Waals surface area contributed by atoms with Gasteiger partial charge in [0.05, 0.1) is 0 Å². The molecule has 2 aliphatic rings. The molecule has 0 bridgehead atoms. The maximum Gasteiger partial charge on any atom is 0.253 e. The fourth-order valence-electron chi connectivity index (χ4n) is 3.12. The van der Waals surface area contributed by atoms with E-state index >= 15 is 0 Å². The molecule has 2 heterocycles. The summed E-state index contributed by atoms with van der Waals surface area (Å²) in [6.45, 7) is 2.21. The third-order valence-corrected chi connectivity index (χ3v) is 4.55. The van der Waals surface area contributed by atoms with Crippen molar-refractivity contribution in [1.29, 1.82) is 0 Å². The van der Waals surface area contributed by atoms with Crippen LogP contribution in [0.1, 0.15) is 19.3 Å². The number of imide groups is 1. The lowest BCUT2D eigenvalue weighted by Gasteiger charge is -2.32. The van der Waals surface area contributed by atoms with Crippen molar-refractivity contribution in [3.63, 3.8) is 0 Å². The summed E-state index contributed by atoms with van der Waals surface area (Å²) in [6.07, 6.45) is 9.31. The van der Waals surface area contributed by atoms with Gasteiger partial charge in [-0.3, -0.25) is 14.5 Å². The molecule has 0 aliphatic carbocycles. The highest BCUT2D eigenvalue weighted by molar-refractivity contribution is 6.05. The zero-order valence-electron chi connectivity index (χ0n) is 13.5. The molecule has 0 radical (unpaired) electrons. The summed E-state index contributed by atoms with van der Waals surface area (Å²) < 4.78 is 13.0. The molecule has 0 saturated carbocycles. The summed E-state index contributed by atoms with van der Waals surface area (Å²) in [6, 6.07) is 6.54. The van der Waals surface area contributed by atoms with Gasteiger partial charge in [0.15, 0.2) is 0 Å². The van der Waals surface area contributed by atoms with Gasteiger partial charge in [0.1, 0.15) is 5.82 Å². The average Bonchev–Trinajstić information content (AvgIpc) is 2.61. The number of rotatable bonds is 3. The lowest BCUT2D eigenvalue weighted by Crippen LogP contribution is -2.37. The number of piperidine rings is 1. The summed E-state index contributed by atoms with van der Waals surface area (Å²) in [4.78, 5) is 27.3. The molecule has 2 amide bonds. The monoisotopic (exact) mass is 328 g/mol. The van der Waals surface area contributed by atoms with Crippen LogP contribution in [-0.2, 0) is 9.59 Å². The van der Waals surface area contributed by atoms with E-state index in [-0.39, 0.29) is 17.6 Å². The van der Waals surface area contributed by atoms with E-state index in [2.05, 4.69) is 4.90 Å². The van der Waals surface area contributed by atoms with E-state index < -0.39 is 0 Å². The van der Waals surface area contributed by atoms with Crippen molar-refractivity contribution < 1.29 is 14.0 Å². The minimum atomic E-state index is -0.234. The molecule has 0 N–H and O–H groups in total. The number of amides is 2. The van der Waals surface area contributed by atoms with Crippen molar-refractivity contribution in [2.24, 2.45) is 5.92 Å². The minimum absolute atomic E-state index is 0.225. The van der Waals surface area contributed by atoms with Gasteiger partial charge in [0.2, 0.25) is 0 Å². The van der Waals surface area contributed by atoms with Crippen LogP contribution in [0.3, 0.4) is 0 Å². The second kappa shape index (κ2) is 7.43. The van der Waals surface area contributed by atoms with Crippen molar-refractivity contribution in [1.82, 2.24) is 4.90 Å². The molecule has 0 atom stereocenters. The lowest BCUT2D eigenvalue weighted by atomic mass is 9.96. The molecule has 2 aliphatic heterocycles. The van der Waals surface area contributed by atoms with Gasteiger partial charge >= 0.3 is 0 Å². The topological polar surface area (TPSA) is 40.6 Å². The van der Waals surface area contributed by atoms with Crippen molar-refractivity contribution in [3.8, 4) is 0 Å². The number of carbonyl (C=O) groups excluding carboxylic acids is 2. The summed E-state index contributed by atoms with van der Waals surface area (Å²) >= 11 is 0. The highest BCUT2D eigenvalue weighted by Gasteiger charge is 2.21. The zero-order chi connectivity index (χ0) is 16.9. The molecule has 3 rings (SSSR count). The summed E-state index contributed by atoms with van der Waals surface area (Å²) in [7, 11) is 0. The molecule has 1 saturated heterocycles. The molecule has 1 fully saturated rings. The van der Waals surface area contributed by atoms with Gasteiger partial charge < -0.3 is 4.90 Å². The van der Waals surface area contributed by atoms with Crippen LogP contribution in [0, 0.1) is 11.7 Å². The van der Waals surface area contributed by atoms with Gasteiger partial charge in [-0.05, 0) is 61.6 Å². The molecule has 24 heavy (non-hydrogen) atoms. The van der Waals surface area contributed by atoms with Gasteiger partial charge in [-0.15, -0.1) is 0 Å². The Hall–Kier alpha value is -2.43. The molecule has 0 spiro atoms. The predicted molar refractivity (Wildman–Crippen MR) is 91.0 cm³/mol. The van der Waals surface area contributed by atoms with E-state index in [1.54, 1.807) is 18.2 Å². The van der Waals surface area contributed by atoms with Crippen LogP contribution in [0.15, 0.2) is 48.6 Å². The zero-order valence-corrected chi connectivity index (χ0v) is 13.5. The number of anilines is 1. The Morgan fingerprint density at radius 2 is 1.83 bits per heavy atom. The third-order valence-electron chi connectivity index (χ3n) is 4.55. The number of carbonyl (C=O) groups is 2. The number of hydrogen-bond donors (Lipinski definition) is 0. The van der Waals surface area contributed by atoms with Crippen LogP contribution in [-0.4, -0.2) is 36.3 Å². The molecule has 126 valence electrons. The summed E-state index contributed by atoms with van der Waals surface area (Å²) in [5.41, 5.74) is 1.03. The van der Waals surface area contributed by atoms with E-state index in [9.17, 15) is 14.0 Å². The second-order valence-electron chi connectivity index (χ2n) is 6.18. The first-order valence-electron chi connectivity index (χ1n) is 8.34. The first kappa shape index (κ1) is 16.4. The molecule has 1 aromatic carbocycles. The largest absolute Gasteiger partial charge is 0.371 e. The number of benzene rings is 1. The Labute approximate surface area is 141 Å². The molecular weight excluding hydrogens is 307 g/mol. The first-order valence-corrected chi connectivity index (χ1v) is 8.34. The van der Waals surface area contributed by atoms with E-state index in [0.717, 1.165) is 38.0 Å². The van der Waals surface area contributed by atoms with Crippen molar-refractivity contribution in [2.75, 3.05) is 24.5 Å². The standard InChI is InChI=1S/C19H21FN2O2/c20-16-5-7-17(8-6-16)21-13-10-15(11-14-21)4-9-19(24)22-12-2-1-3-18(22)23/h1,3-9,15H,2,10-14H2. The highest BCUT2D eigenvalue weighted by Crippen LogP contribution is 2.24. The second-order valence-corrected chi connectivity index (χ2v) is 6.18. The Balaban J connectivity index is 1.51. The Morgan fingerprint density at radius 1 is 1.12 bits per heavy atom. The van der Waals surface area contributed by atoms with Crippen molar-refractivity contribution >= 4 is 17.5 Å². The van der Waals surface area contributed by atoms with Crippen LogP contribution in [0.5, 0.6) is 0 Å². The van der Waals surface area contributed by atoms with Crippen molar-refractivity contribution in [3.05, 3.63) is 54.4 Å². The van der Waals surface area contributed by atoms with Gasteiger partial charge in [0.25, 0.3) is 11.8 Å². The van der Waals surface area contributed by atoms with Crippen LogP contribution in [0.25, 0.3) is 0 Å². The maximum absolute atomic E-state index is 13.0. The smallest absolute Gasteiger partial charge is 0.253 e.